The van der Waals surface area contributed by atoms with E-state index < -0.39 is 0 Å². The number of nitrogens with zero attached hydrogens (tertiary/aromatic N) is 2. The maximum atomic E-state index is 6.31. The maximum Gasteiger partial charge on any atom is 0.0835 e. The molecule has 21 heavy (non-hydrogen) atoms. The first-order valence-corrected chi connectivity index (χ1v) is 8.00. The first kappa shape index (κ1) is 14.6. The summed E-state index contributed by atoms with van der Waals surface area (Å²) in [5.41, 5.74) is 4.57. The Balaban J connectivity index is 1.90. The van der Waals surface area contributed by atoms with Crippen molar-refractivity contribution in [3.63, 3.8) is 0 Å². The molecule has 0 bridgehead atoms. The van der Waals surface area contributed by atoms with Gasteiger partial charge in [0.15, 0.2) is 0 Å². The minimum atomic E-state index is 0.460. The van der Waals surface area contributed by atoms with Crippen LogP contribution in [0.2, 0.25) is 5.02 Å². The lowest BCUT2D eigenvalue weighted by molar-refractivity contribution is 0.608. The van der Waals surface area contributed by atoms with Crippen molar-refractivity contribution in [3.8, 4) is 5.69 Å². The standard InChI is InChI=1S/C17H22ClN3/c1-11(10-19-14-8-9-14)17-12(2)20-21(13(17)3)16-7-5-4-6-15(16)18/h4-7,11,14,19H,8-10H2,1-3H3. The zero-order valence-corrected chi connectivity index (χ0v) is 13.6. The van der Waals surface area contributed by atoms with Crippen LogP contribution >= 0.6 is 11.6 Å². The smallest absolute Gasteiger partial charge is 0.0835 e. The zero-order chi connectivity index (χ0) is 15.0. The van der Waals surface area contributed by atoms with E-state index in [0.29, 0.717) is 5.92 Å². The molecule has 0 aliphatic heterocycles. The van der Waals surface area contributed by atoms with Crippen LogP contribution in [0.15, 0.2) is 24.3 Å². The Bertz CT molecular complexity index is 643. The molecule has 1 N–H and O–H groups in total. The fourth-order valence-corrected chi connectivity index (χ4v) is 3.17. The van der Waals surface area contributed by atoms with Gasteiger partial charge in [0, 0.05) is 23.8 Å². The van der Waals surface area contributed by atoms with Crippen LogP contribution in [0, 0.1) is 13.8 Å². The molecule has 0 saturated heterocycles. The largest absolute Gasteiger partial charge is 0.313 e. The van der Waals surface area contributed by atoms with Gasteiger partial charge in [-0.1, -0.05) is 30.7 Å². The lowest BCUT2D eigenvalue weighted by Gasteiger charge is -2.14. The van der Waals surface area contributed by atoms with Crippen molar-refractivity contribution in [2.75, 3.05) is 6.54 Å². The van der Waals surface area contributed by atoms with Crippen molar-refractivity contribution < 1.29 is 0 Å². The topological polar surface area (TPSA) is 29.9 Å². The van der Waals surface area contributed by atoms with E-state index in [4.69, 9.17) is 16.7 Å². The van der Waals surface area contributed by atoms with Gasteiger partial charge in [-0.15, -0.1) is 0 Å². The van der Waals surface area contributed by atoms with Gasteiger partial charge in [-0.3, -0.25) is 0 Å². The molecule has 2 aromatic rings. The molecule has 1 aliphatic carbocycles. The molecule has 0 amide bonds. The summed E-state index contributed by atoms with van der Waals surface area (Å²) >= 11 is 6.31. The first-order chi connectivity index (χ1) is 10.1. The third-order valence-corrected chi connectivity index (χ3v) is 4.53. The van der Waals surface area contributed by atoms with E-state index in [1.54, 1.807) is 0 Å². The first-order valence-electron chi connectivity index (χ1n) is 7.62. The van der Waals surface area contributed by atoms with Crippen molar-refractivity contribution in [1.82, 2.24) is 15.1 Å². The number of aromatic nitrogens is 2. The number of rotatable bonds is 5. The van der Waals surface area contributed by atoms with Crippen LogP contribution in [0.5, 0.6) is 0 Å². The highest BCUT2D eigenvalue weighted by atomic mass is 35.5. The molecule has 1 unspecified atom stereocenters. The second kappa shape index (κ2) is 5.82. The predicted octanol–water partition coefficient (Wildman–Crippen LogP) is 4.00. The van der Waals surface area contributed by atoms with Crippen LogP contribution in [0.25, 0.3) is 5.69 Å². The number of nitrogens with one attached hydrogen (secondary N) is 1. The van der Waals surface area contributed by atoms with E-state index in [-0.39, 0.29) is 0 Å². The summed E-state index contributed by atoms with van der Waals surface area (Å²) in [6.07, 6.45) is 2.65. The Hall–Kier alpha value is -1.32. The molecule has 1 aromatic heterocycles. The average Bonchev–Trinajstić information content (AvgIpc) is 3.23. The summed E-state index contributed by atoms with van der Waals surface area (Å²) in [6.45, 7) is 7.50. The Morgan fingerprint density at radius 2 is 2.05 bits per heavy atom. The second-order valence-corrected chi connectivity index (χ2v) is 6.44. The quantitative estimate of drug-likeness (QED) is 0.905. The molecule has 1 saturated carbocycles. The number of hydrogen-bond acceptors (Lipinski definition) is 2. The number of halogens is 1. The summed E-state index contributed by atoms with van der Waals surface area (Å²) in [5.74, 6) is 0.460. The Labute approximate surface area is 131 Å². The molecule has 112 valence electrons. The van der Waals surface area contributed by atoms with Gasteiger partial charge in [0.1, 0.15) is 0 Å². The van der Waals surface area contributed by atoms with E-state index in [0.717, 1.165) is 29.0 Å². The molecule has 0 spiro atoms. The highest BCUT2D eigenvalue weighted by molar-refractivity contribution is 6.32. The monoisotopic (exact) mass is 303 g/mol. The van der Waals surface area contributed by atoms with Gasteiger partial charge < -0.3 is 5.32 Å². The Kier molecular flexibility index (Phi) is 4.05. The van der Waals surface area contributed by atoms with Gasteiger partial charge in [0.25, 0.3) is 0 Å². The van der Waals surface area contributed by atoms with E-state index in [9.17, 15) is 0 Å². The maximum absolute atomic E-state index is 6.31. The highest BCUT2D eigenvalue weighted by Gasteiger charge is 2.24. The lowest BCUT2D eigenvalue weighted by Crippen LogP contribution is -2.22. The third-order valence-electron chi connectivity index (χ3n) is 4.21. The number of aryl methyl sites for hydroxylation is 1. The SMILES string of the molecule is Cc1nn(-c2ccccc2Cl)c(C)c1C(C)CNC1CC1. The van der Waals surface area contributed by atoms with Crippen molar-refractivity contribution in [3.05, 3.63) is 46.2 Å². The van der Waals surface area contributed by atoms with Crippen LogP contribution in [0.1, 0.15) is 42.6 Å². The average molecular weight is 304 g/mol. The molecule has 1 fully saturated rings. The van der Waals surface area contributed by atoms with E-state index in [1.807, 2.05) is 28.9 Å². The molecule has 1 atom stereocenters. The van der Waals surface area contributed by atoms with Gasteiger partial charge in [0.05, 0.1) is 16.4 Å². The molecule has 1 aromatic carbocycles. The normalized spacial score (nSPS) is 16.2. The minimum absolute atomic E-state index is 0.460. The van der Waals surface area contributed by atoms with Crippen molar-refractivity contribution in [2.45, 2.75) is 45.6 Å². The molecule has 1 aliphatic rings. The van der Waals surface area contributed by atoms with Crippen LogP contribution < -0.4 is 5.32 Å². The van der Waals surface area contributed by atoms with Gasteiger partial charge in [-0.2, -0.15) is 5.10 Å². The summed E-state index contributed by atoms with van der Waals surface area (Å²) in [7, 11) is 0. The van der Waals surface area contributed by atoms with Gasteiger partial charge >= 0.3 is 0 Å². The fourth-order valence-electron chi connectivity index (χ4n) is 2.96. The number of benzene rings is 1. The summed E-state index contributed by atoms with van der Waals surface area (Å²) < 4.78 is 1.97. The van der Waals surface area contributed by atoms with Crippen molar-refractivity contribution in [2.24, 2.45) is 0 Å². The molecule has 1 heterocycles. The summed E-state index contributed by atoms with van der Waals surface area (Å²) in [6, 6.07) is 8.60. The minimum Gasteiger partial charge on any atom is -0.313 e. The lowest BCUT2D eigenvalue weighted by atomic mass is 9.99. The number of hydrogen-bond donors (Lipinski definition) is 1. The van der Waals surface area contributed by atoms with Crippen LogP contribution in [-0.2, 0) is 0 Å². The van der Waals surface area contributed by atoms with Crippen LogP contribution in [-0.4, -0.2) is 22.4 Å². The summed E-state index contributed by atoms with van der Waals surface area (Å²) in [5, 5.41) is 9.05. The predicted molar refractivity (Wildman–Crippen MR) is 87.5 cm³/mol. The zero-order valence-electron chi connectivity index (χ0n) is 12.9. The van der Waals surface area contributed by atoms with Crippen LogP contribution in [0.4, 0.5) is 0 Å². The van der Waals surface area contributed by atoms with E-state index >= 15 is 0 Å². The molecular formula is C17H22ClN3. The second-order valence-electron chi connectivity index (χ2n) is 6.03. The molecular weight excluding hydrogens is 282 g/mol. The number of para-hydroxylation sites is 1. The van der Waals surface area contributed by atoms with Gasteiger partial charge in [-0.25, -0.2) is 4.68 Å². The molecule has 4 heteroatoms. The molecule has 3 nitrogen and oxygen atoms in total. The van der Waals surface area contributed by atoms with Gasteiger partial charge in [-0.05, 0) is 44.7 Å². The Morgan fingerprint density at radius 1 is 1.33 bits per heavy atom. The molecule has 0 radical (unpaired) electrons. The van der Waals surface area contributed by atoms with E-state index in [1.165, 1.54) is 24.1 Å². The van der Waals surface area contributed by atoms with Crippen molar-refractivity contribution in [1.29, 1.82) is 0 Å². The molecule has 3 rings (SSSR count). The third kappa shape index (κ3) is 2.99. The highest BCUT2D eigenvalue weighted by Crippen LogP contribution is 2.28. The van der Waals surface area contributed by atoms with E-state index in [2.05, 4.69) is 26.1 Å². The fraction of sp³-hybridized carbons (Fsp3) is 0.471. The van der Waals surface area contributed by atoms with Gasteiger partial charge in [0.2, 0.25) is 0 Å². The van der Waals surface area contributed by atoms with Crippen LogP contribution in [0.3, 0.4) is 0 Å². The Morgan fingerprint density at radius 3 is 2.71 bits per heavy atom. The summed E-state index contributed by atoms with van der Waals surface area (Å²) in [4.78, 5) is 0. The van der Waals surface area contributed by atoms with Crippen molar-refractivity contribution >= 4 is 11.6 Å².